The molecule has 2 amide bonds. The summed E-state index contributed by atoms with van der Waals surface area (Å²) in [5, 5.41) is 0. The number of hydrogen-bond donors (Lipinski definition) is 0. The first-order chi connectivity index (χ1) is 11.2. The van der Waals surface area contributed by atoms with Crippen LogP contribution in [-0.4, -0.2) is 74.7 Å². The smallest absolute Gasteiger partial charge is 0.229 e. The molecule has 0 aliphatic carbocycles. The number of rotatable bonds is 4. The molecule has 1 spiro atoms. The van der Waals surface area contributed by atoms with Crippen molar-refractivity contribution in [1.82, 2.24) is 9.80 Å². The summed E-state index contributed by atoms with van der Waals surface area (Å²) in [5.41, 5.74) is -0.241. The summed E-state index contributed by atoms with van der Waals surface area (Å²) in [5.74, 6) is 0.524. The lowest BCUT2D eigenvalue weighted by molar-refractivity contribution is -0.138. The van der Waals surface area contributed by atoms with Gasteiger partial charge in [-0.15, -0.1) is 0 Å². The molecule has 3 fully saturated rings. The Bertz CT molecular complexity index is 450. The van der Waals surface area contributed by atoms with E-state index in [0.29, 0.717) is 32.9 Å². The van der Waals surface area contributed by atoms with Crippen LogP contribution in [0.25, 0.3) is 0 Å². The second kappa shape index (κ2) is 7.18. The number of carbonyl (C=O) groups excluding carboxylic acids is 2. The van der Waals surface area contributed by atoms with Crippen molar-refractivity contribution in [3.05, 3.63) is 0 Å². The maximum Gasteiger partial charge on any atom is 0.229 e. The van der Waals surface area contributed by atoms with E-state index in [1.165, 1.54) is 0 Å². The second-order valence-corrected chi connectivity index (χ2v) is 7.05. The van der Waals surface area contributed by atoms with Gasteiger partial charge in [0.2, 0.25) is 11.8 Å². The molecule has 0 saturated carbocycles. The first kappa shape index (κ1) is 16.7. The molecule has 0 bridgehead atoms. The van der Waals surface area contributed by atoms with Crippen LogP contribution in [0.5, 0.6) is 0 Å². The van der Waals surface area contributed by atoms with Gasteiger partial charge in [-0.1, -0.05) is 0 Å². The minimum Gasteiger partial charge on any atom is -0.383 e. The Hall–Kier alpha value is -1.14. The van der Waals surface area contributed by atoms with Crippen LogP contribution in [0.3, 0.4) is 0 Å². The predicted molar refractivity (Wildman–Crippen MR) is 84.9 cm³/mol. The average molecular weight is 324 g/mol. The van der Waals surface area contributed by atoms with E-state index in [2.05, 4.69) is 0 Å². The summed E-state index contributed by atoms with van der Waals surface area (Å²) >= 11 is 0. The molecule has 0 aromatic rings. The normalized spacial score (nSPS) is 31.9. The quantitative estimate of drug-likeness (QED) is 0.771. The van der Waals surface area contributed by atoms with Crippen molar-refractivity contribution in [2.75, 3.05) is 53.1 Å². The van der Waals surface area contributed by atoms with Gasteiger partial charge in [0.25, 0.3) is 0 Å². The van der Waals surface area contributed by atoms with Gasteiger partial charge in [0.15, 0.2) is 0 Å². The van der Waals surface area contributed by atoms with Crippen LogP contribution in [-0.2, 0) is 19.1 Å². The Balaban J connectivity index is 1.59. The number of likely N-dealkylation sites (tertiary alicyclic amines) is 2. The summed E-state index contributed by atoms with van der Waals surface area (Å²) in [7, 11) is 1.66. The van der Waals surface area contributed by atoms with E-state index in [9.17, 15) is 9.59 Å². The minimum absolute atomic E-state index is 0.0292. The lowest BCUT2D eigenvalue weighted by Gasteiger charge is -2.27. The number of amides is 2. The summed E-state index contributed by atoms with van der Waals surface area (Å²) in [6, 6.07) is 0. The van der Waals surface area contributed by atoms with E-state index in [0.717, 1.165) is 45.2 Å². The molecule has 2 unspecified atom stereocenters. The zero-order valence-corrected chi connectivity index (χ0v) is 14.1. The molecule has 0 N–H and O–H groups in total. The number of carbonyl (C=O) groups is 2. The predicted octanol–water partition coefficient (Wildman–Crippen LogP) is 0.901. The van der Waals surface area contributed by atoms with Crippen molar-refractivity contribution in [2.24, 2.45) is 11.3 Å². The van der Waals surface area contributed by atoms with Gasteiger partial charge in [-0.2, -0.15) is 0 Å². The minimum atomic E-state index is -0.241. The van der Waals surface area contributed by atoms with E-state index in [1.807, 2.05) is 9.80 Å². The van der Waals surface area contributed by atoms with E-state index in [4.69, 9.17) is 9.47 Å². The van der Waals surface area contributed by atoms with Crippen LogP contribution < -0.4 is 0 Å². The standard InChI is InChI=1S/C17H28N2O4/c1-22-12-10-19-9-6-17(16(19)21)4-2-7-18(8-5-17)15(20)14-3-11-23-13-14/h14H,2-13H2,1H3. The van der Waals surface area contributed by atoms with Crippen molar-refractivity contribution >= 4 is 11.8 Å². The van der Waals surface area contributed by atoms with Crippen LogP contribution in [0.2, 0.25) is 0 Å². The zero-order valence-electron chi connectivity index (χ0n) is 14.1. The van der Waals surface area contributed by atoms with Crippen molar-refractivity contribution in [3.63, 3.8) is 0 Å². The SMILES string of the molecule is COCCN1CCC2(CCCN(C(=O)C3CCOC3)CC2)C1=O. The Kier molecular flexibility index (Phi) is 5.21. The summed E-state index contributed by atoms with van der Waals surface area (Å²) in [6.07, 6.45) is 4.38. The van der Waals surface area contributed by atoms with Crippen molar-refractivity contribution in [1.29, 1.82) is 0 Å². The maximum absolute atomic E-state index is 12.8. The highest BCUT2D eigenvalue weighted by molar-refractivity contribution is 5.85. The molecule has 3 saturated heterocycles. The lowest BCUT2D eigenvalue weighted by atomic mass is 9.79. The highest BCUT2D eigenvalue weighted by Crippen LogP contribution is 2.41. The average Bonchev–Trinajstić information content (AvgIpc) is 3.12. The largest absolute Gasteiger partial charge is 0.383 e. The van der Waals surface area contributed by atoms with Gasteiger partial charge in [-0.3, -0.25) is 9.59 Å². The van der Waals surface area contributed by atoms with Crippen molar-refractivity contribution in [3.8, 4) is 0 Å². The summed E-state index contributed by atoms with van der Waals surface area (Å²) in [4.78, 5) is 29.3. The molecule has 6 nitrogen and oxygen atoms in total. The Morgan fingerprint density at radius 2 is 2.13 bits per heavy atom. The van der Waals surface area contributed by atoms with Crippen LogP contribution in [0.4, 0.5) is 0 Å². The first-order valence-electron chi connectivity index (χ1n) is 8.81. The molecule has 130 valence electrons. The number of nitrogens with zero attached hydrogens (tertiary/aromatic N) is 2. The Labute approximate surface area is 138 Å². The molecule has 2 atom stereocenters. The van der Waals surface area contributed by atoms with Gasteiger partial charge in [0.05, 0.1) is 24.5 Å². The Morgan fingerprint density at radius 3 is 2.87 bits per heavy atom. The van der Waals surface area contributed by atoms with E-state index >= 15 is 0 Å². The molecule has 3 aliphatic rings. The highest BCUT2D eigenvalue weighted by Gasteiger charge is 2.47. The van der Waals surface area contributed by atoms with Crippen molar-refractivity contribution < 1.29 is 19.1 Å². The Morgan fingerprint density at radius 1 is 1.30 bits per heavy atom. The number of ether oxygens (including phenoxy) is 2. The molecule has 6 heteroatoms. The third kappa shape index (κ3) is 3.38. The molecule has 0 aromatic carbocycles. The molecule has 3 rings (SSSR count). The van der Waals surface area contributed by atoms with E-state index < -0.39 is 0 Å². The van der Waals surface area contributed by atoms with Gasteiger partial charge in [0.1, 0.15) is 0 Å². The second-order valence-electron chi connectivity index (χ2n) is 7.05. The fraction of sp³-hybridized carbons (Fsp3) is 0.882. The number of methoxy groups -OCH3 is 1. The highest BCUT2D eigenvalue weighted by atomic mass is 16.5. The topological polar surface area (TPSA) is 59.1 Å². The van der Waals surface area contributed by atoms with Gasteiger partial charge < -0.3 is 19.3 Å². The molecular formula is C17H28N2O4. The van der Waals surface area contributed by atoms with Gasteiger partial charge in [-0.05, 0) is 32.1 Å². The molecule has 0 aromatic heterocycles. The van der Waals surface area contributed by atoms with Crippen molar-refractivity contribution in [2.45, 2.75) is 32.1 Å². The molecule has 0 radical (unpaired) electrons. The summed E-state index contributed by atoms with van der Waals surface area (Å²) in [6.45, 7) is 4.84. The van der Waals surface area contributed by atoms with E-state index in [-0.39, 0.29) is 23.1 Å². The van der Waals surface area contributed by atoms with Crippen LogP contribution >= 0.6 is 0 Å². The third-order valence-electron chi connectivity index (χ3n) is 5.70. The maximum atomic E-state index is 12.8. The van der Waals surface area contributed by atoms with Crippen LogP contribution in [0, 0.1) is 11.3 Å². The zero-order chi connectivity index (χ0) is 16.3. The van der Waals surface area contributed by atoms with Crippen LogP contribution in [0.15, 0.2) is 0 Å². The third-order valence-corrected chi connectivity index (χ3v) is 5.70. The number of hydrogen-bond acceptors (Lipinski definition) is 4. The molecule has 3 heterocycles. The monoisotopic (exact) mass is 324 g/mol. The fourth-order valence-corrected chi connectivity index (χ4v) is 4.17. The fourth-order valence-electron chi connectivity index (χ4n) is 4.17. The lowest BCUT2D eigenvalue weighted by Crippen LogP contribution is -2.39. The first-order valence-corrected chi connectivity index (χ1v) is 8.81. The molecule has 23 heavy (non-hydrogen) atoms. The molecule has 3 aliphatic heterocycles. The molecular weight excluding hydrogens is 296 g/mol. The van der Waals surface area contributed by atoms with Gasteiger partial charge in [-0.25, -0.2) is 0 Å². The van der Waals surface area contributed by atoms with Gasteiger partial charge >= 0.3 is 0 Å². The van der Waals surface area contributed by atoms with E-state index in [1.54, 1.807) is 7.11 Å². The summed E-state index contributed by atoms with van der Waals surface area (Å²) < 4.78 is 10.4. The van der Waals surface area contributed by atoms with Crippen LogP contribution in [0.1, 0.15) is 32.1 Å². The van der Waals surface area contributed by atoms with Gasteiger partial charge in [0, 0.05) is 39.9 Å².